The molecule has 1 aromatic heterocycles. The third kappa shape index (κ3) is 2.07. The minimum Gasteiger partial charge on any atom is -0.383 e. The summed E-state index contributed by atoms with van der Waals surface area (Å²) in [6, 6.07) is 0. The van der Waals surface area contributed by atoms with Gasteiger partial charge in [-0.3, -0.25) is 9.48 Å². The van der Waals surface area contributed by atoms with E-state index in [9.17, 15) is 4.79 Å². The normalized spacial score (nSPS) is 17.1. The summed E-state index contributed by atoms with van der Waals surface area (Å²) in [4.78, 5) is 14.5. The van der Waals surface area contributed by atoms with Crippen molar-refractivity contribution in [2.24, 2.45) is 0 Å². The zero-order valence-electron chi connectivity index (χ0n) is 11.7. The molecule has 0 N–H and O–H groups in total. The number of aryl methyl sites for hydroxylation is 2. The Balaban J connectivity index is 2.48. The molecule has 0 unspecified atom stereocenters. The van der Waals surface area contributed by atoms with E-state index in [1.54, 1.807) is 0 Å². The van der Waals surface area contributed by atoms with Crippen LogP contribution in [0.25, 0.3) is 0 Å². The number of carbonyl (C=O) groups is 1. The van der Waals surface area contributed by atoms with E-state index < -0.39 is 0 Å². The summed E-state index contributed by atoms with van der Waals surface area (Å²) in [6.45, 7) is 4.98. The summed E-state index contributed by atoms with van der Waals surface area (Å²) in [6.07, 6.45) is 4.47. The Morgan fingerprint density at radius 2 is 2.06 bits per heavy atom. The fourth-order valence-corrected chi connectivity index (χ4v) is 2.57. The number of fused-ring (bicyclic) bond motifs is 1. The van der Waals surface area contributed by atoms with Crippen LogP contribution in [0.1, 0.15) is 42.0 Å². The molecule has 0 atom stereocenters. The highest BCUT2D eigenvalue weighted by molar-refractivity contribution is 6.11. The Labute approximate surface area is 108 Å². The monoisotopic (exact) mass is 247 g/mol. The number of aromatic nitrogens is 2. The molecule has 1 aliphatic rings. The maximum absolute atomic E-state index is 12.5. The lowest BCUT2D eigenvalue weighted by molar-refractivity contribution is 0.102. The van der Waals surface area contributed by atoms with Crippen LogP contribution in [0, 0.1) is 0 Å². The number of Topliss-reactive ketones (excluding diaryl/α,β-unsaturated/α-hetero) is 1. The van der Waals surface area contributed by atoms with Crippen LogP contribution >= 0.6 is 0 Å². The van der Waals surface area contributed by atoms with Crippen molar-refractivity contribution in [3.8, 4) is 0 Å². The van der Waals surface area contributed by atoms with Crippen LogP contribution in [0.5, 0.6) is 0 Å². The number of nitrogens with zero attached hydrogens (tertiary/aromatic N) is 3. The van der Waals surface area contributed by atoms with Gasteiger partial charge in [0.25, 0.3) is 0 Å². The molecular weight excluding hydrogens is 226 g/mol. The van der Waals surface area contributed by atoms with Crippen molar-refractivity contribution < 1.29 is 4.79 Å². The Morgan fingerprint density at radius 1 is 1.33 bits per heavy atom. The molecule has 0 aliphatic heterocycles. The smallest absolute Gasteiger partial charge is 0.194 e. The molecule has 98 valence electrons. The van der Waals surface area contributed by atoms with Crippen molar-refractivity contribution in [1.82, 2.24) is 14.7 Å². The minimum atomic E-state index is 0.168. The van der Waals surface area contributed by atoms with E-state index in [1.165, 1.54) is 0 Å². The number of carbonyl (C=O) groups excluding carboxylic acids is 1. The molecule has 4 heteroatoms. The number of hydrogen-bond acceptors (Lipinski definition) is 3. The summed E-state index contributed by atoms with van der Waals surface area (Å²) < 4.78 is 1.97. The summed E-state index contributed by atoms with van der Waals surface area (Å²) in [5.74, 6) is 0.168. The number of ketones is 1. The molecule has 0 spiro atoms. The molecule has 0 aromatic carbocycles. The highest BCUT2D eigenvalue weighted by Crippen LogP contribution is 2.28. The van der Waals surface area contributed by atoms with Crippen LogP contribution in [0.3, 0.4) is 0 Å². The molecule has 1 heterocycles. The lowest BCUT2D eigenvalue weighted by atomic mass is 9.90. The summed E-state index contributed by atoms with van der Waals surface area (Å²) in [5, 5.41) is 4.56. The summed E-state index contributed by atoms with van der Waals surface area (Å²) >= 11 is 0. The maximum Gasteiger partial charge on any atom is 0.194 e. The van der Waals surface area contributed by atoms with Gasteiger partial charge < -0.3 is 4.90 Å². The minimum absolute atomic E-state index is 0.168. The molecule has 0 bridgehead atoms. The van der Waals surface area contributed by atoms with Crippen LogP contribution in [-0.4, -0.2) is 34.6 Å². The topological polar surface area (TPSA) is 38.1 Å². The van der Waals surface area contributed by atoms with Gasteiger partial charge in [0.15, 0.2) is 5.78 Å². The van der Waals surface area contributed by atoms with E-state index in [-0.39, 0.29) is 5.78 Å². The van der Waals surface area contributed by atoms with Gasteiger partial charge in [-0.2, -0.15) is 5.10 Å². The van der Waals surface area contributed by atoms with Crippen molar-refractivity contribution >= 4 is 5.78 Å². The van der Waals surface area contributed by atoms with Gasteiger partial charge in [0.2, 0.25) is 0 Å². The van der Waals surface area contributed by atoms with E-state index in [4.69, 9.17) is 0 Å². The van der Waals surface area contributed by atoms with Gasteiger partial charge in [0.1, 0.15) is 0 Å². The van der Waals surface area contributed by atoms with Crippen molar-refractivity contribution in [3.05, 3.63) is 28.7 Å². The van der Waals surface area contributed by atoms with Gasteiger partial charge in [0.05, 0.1) is 11.3 Å². The second kappa shape index (κ2) is 4.96. The Morgan fingerprint density at radius 3 is 2.61 bits per heavy atom. The van der Waals surface area contributed by atoms with Gasteiger partial charge >= 0.3 is 0 Å². The van der Waals surface area contributed by atoms with Gasteiger partial charge in [-0.05, 0) is 26.2 Å². The van der Waals surface area contributed by atoms with Crippen molar-refractivity contribution in [2.45, 2.75) is 39.7 Å². The van der Waals surface area contributed by atoms with Crippen LogP contribution in [0.4, 0.5) is 0 Å². The molecule has 1 aromatic rings. The molecule has 1 aliphatic carbocycles. The molecule has 0 amide bonds. The zero-order chi connectivity index (χ0) is 13.3. The molecule has 18 heavy (non-hydrogen) atoms. The first kappa shape index (κ1) is 12.9. The summed E-state index contributed by atoms with van der Waals surface area (Å²) in [7, 11) is 3.90. The predicted octanol–water partition coefficient (Wildman–Crippen LogP) is 2.04. The van der Waals surface area contributed by atoms with E-state index >= 15 is 0 Å². The Kier molecular flexibility index (Phi) is 3.55. The second-order valence-corrected chi connectivity index (χ2v) is 4.88. The first-order valence-corrected chi connectivity index (χ1v) is 6.58. The fourth-order valence-electron chi connectivity index (χ4n) is 2.57. The lowest BCUT2D eigenvalue weighted by Crippen LogP contribution is -2.17. The average Bonchev–Trinajstić information content (AvgIpc) is 2.70. The lowest BCUT2D eigenvalue weighted by Gasteiger charge is -2.16. The standard InChI is InChI=1S/C14H21N3O/c1-5-12-13-11(15-17(12)6-2)8-7-10(14(13)18)9-16(3)4/h9H,5-8H2,1-4H3/b10-9+. The molecule has 0 radical (unpaired) electrons. The number of hydrogen-bond donors (Lipinski definition) is 0. The van der Waals surface area contributed by atoms with Crippen LogP contribution in [0.15, 0.2) is 11.8 Å². The van der Waals surface area contributed by atoms with Crippen LogP contribution in [-0.2, 0) is 19.4 Å². The zero-order valence-corrected chi connectivity index (χ0v) is 11.7. The quantitative estimate of drug-likeness (QED) is 0.767. The molecule has 0 fully saturated rings. The van der Waals surface area contributed by atoms with Crippen molar-refractivity contribution in [3.63, 3.8) is 0 Å². The third-order valence-corrected chi connectivity index (χ3v) is 3.33. The largest absolute Gasteiger partial charge is 0.383 e. The Bertz CT molecular complexity index is 497. The van der Waals surface area contributed by atoms with E-state index in [2.05, 4.69) is 18.9 Å². The molecular formula is C14H21N3O. The van der Waals surface area contributed by atoms with Gasteiger partial charge in [-0.15, -0.1) is 0 Å². The van der Waals surface area contributed by atoms with Gasteiger partial charge in [-0.1, -0.05) is 6.92 Å². The highest BCUT2D eigenvalue weighted by Gasteiger charge is 2.28. The van der Waals surface area contributed by atoms with Gasteiger partial charge in [0, 0.05) is 38.1 Å². The predicted molar refractivity (Wildman–Crippen MR) is 71.7 cm³/mol. The first-order valence-electron chi connectivity index (χ1n) is 6.58. The van der Waals surface area contributed by atoms with Crippen LogP contribution < -0.4 is 0 Å². The second-order valence-electron chi connectivity index (χ2n) is 4.88. The molecule has 0 saturated carbocycles. The van der Waals surface area contributed by atoms with E-state index in [1.807, 2.05) is 29.9 Å². The SMILES string of the molecule is CCc1c2c(nn1CC)CC/C(=C\N(C)C)C2=O. The van der Waals surface area contributed by atoms with Gasteiger partial charge in [-0.25, -0.2) is 0 Å². The number of rotatable bonds is 3. The number of allylic oxidation sites excluding steroid dienone is 1. The molecule has 2 rings (SSSR count). The van der Waals surface area contributed by atoms with E-state index in [0.717, 1.165) is 48.3 Å². The van der Waals surface area contributed by atoms with Crippen LogP contribution in [0.2, 0.25) is 0 Å². The summed E-state index contributed by atoms with van der Waals surface area (Å²) in [5.41, 5.74) is 3.83. The highest BCUT2D eigenvalue weighted by atomic mass is 16.1. The average molecular weight is 247 g/mol. The molecule has 4 nitrogen and oxygen atoms in total. The third-order valence-electron chi connectivity index (χ3n) is 3.33. The van der Waals surface area contributed by atoms with Crippen molar-refractivity contribution in [2.75, 3.05) is 14.1 Å². The fraction of sp³-hybridized carbons (Fsp3) is 0.571. The van der Waals surface area contributed by atoms with E-state index in [0.29, 0.717) is 0 Å². The Hall–Kier alpha value is -1.58. The molecule has 0 saturated heterocycles. The maximum atomic E-state index is 12.5. The van der Waals surface area contributed by atoms with Crippen molar-refractivity contribution in [1.29, 1.82) is 0 Å². The first-order chi connectivity index (χ1) is 8.58.